The Hall–Kier alpha value is -2.31. The summed E-state index contributed by atoms with van der Waals surface area (Å²) in [6.07, 6.45) is 14.8. The Labute approximate surface area is 198 Å². The van der Waals surface area contributed by atoms with E-state index in [2.05, 4.69) is 116 Å². The summed E-state index contributed by atoms with van der Waals surface area (Å²) in [4.78, 5) is 0. The first-order valence-electron chi connectivity index (χ1n) is 11.1. The molecule has 0 N–H and O–H groups in total. The average molecular weight is 410 g/mol. The normalized spacial score (nSPS) is 23.7. The summed E-state index contributed by atoms with van der Waals surface area (Å²) >= 11 is 0. The molecule has 3 aliphatic carbocycles. The molecule has 3 unspecified atom stereocenters. The molecule has 147 valence electrons. The summed E-state index contributed by atoms with van der Waals surface area (Å²) in [6, 6.07) is 28.5. The standard InChI is InChI=1S/C29H26Si.Li/c1-2-30(27-18-15-21-9-3-6-12-24(21)27,28-19-16-22-10-4-7-13-25(22)28)29-20-17-23-11-5-8-14-26(23)29;/h3-20,27-29H,2H2,1H3;. The maximum Gasteiger partial charge on any atom is 0.0885 e. The Morgan fingerprint density at radius 1 is 0.548 bits per heavy atom. The Bertz CT molecular complexity index is 1070. The van der Waals surface area contributed by atoms with E-state index < -0.39 is 8.07 Å². The van der Waals surface area contributed by atoms with Gasteiger partial charge in [0.15, 0.2) is 0 Å². The van der Waals surface area contributed by atoms with E-state index in [9.17, 15) is 0 Å². The molecular formula is C29H26LiSi. The fraction of sp³-hybridized carbons (Fsp3) is 0.172. The van der Waals surface area contributed by atoms with Crippen LogP contribution in [0.2, 0.25) is 6.04 Å². The molecule has 3 aromatic carbocycles. The quantitative estimate of drug-likeness (QED) is 0.402. The Morgan fingerprint density at radius 3 is 1.19 bits per heavy atom. The van der Waals surface area contributed by atoms with E-state index >= 15 is 0 Å². The molecule has 0 heterocycles. The molecule has 1 radical (unpaired) electrons. The monoisotopic (exact) mass is 409 g/mol. The van der Waals surface area contributed by atoms with Gasteiger partial charge in [-0.15, -0.1) is 0 Å². The smallest absolute Gasteiger partial charge is 0.0790 e. The van der Waals surface area contributed by atoms with E-state index in [-0.39, 0.29) is 18.9 Å². The van der Waals surface area contributed by atoms with Crippen molar-refractivity contribution in [3.05, 3.63) is 124 Å². The summed E-state index contributed by atoms with van der Waals surface area (Å²) < 4.78 is 0. The molecule has 3 aromatic rings. The first-order valence-corrected chi connectivity index (χ1v) is 13.6. The van der Waals surface area contributed by atoms with Gasteiger partial charge in [0.2, 0.25) is 0 Å². The van der Waals surface area contributed by atoms with Crippen LogP contribution in [-0.2, 0) is 0 Å². The summed E-state index contributed by atoms with van der Waals surface area (Å²) in [5.74, 6) is 0. The van der Waals surface area contributed by atoms with Gasteiger partial charge in [-0.05, 0) is 50.0 Å². The van der Waals surface area contributed by atoms with E-state index in [1.807, 2.05) is 0 Å². The molecule has 0 aliphatic heterocycles. The number of allylic oxidation sites excluding steroid dienone is 3. The molecule has 0 aromatic heterocycles. The van der Waals surface area contributed by atoms with Crippen LogP contribution < -0.4 is 0 Å². The zero-order valence-electron chi connectivity index (χ0n) is 18.3. The minimum absolute atomic E-state index is 0. The third-order valence-electron chi connectivity index (χ3n) is 7.75. The molecule has 0 fully saturated rings. The topological polar surface area (TPSA) is 0 Å². The second-order valence-electron chi connectivity index (χ2n) is 8.86. The van der Waals surface area contributed by atoms with Crippen molar-refractivity contribution in [2.45, 2.75) is 29.6 Å². The Kier molecular flexibility index (Phi) is 5.31. The first-order chi connectivity index (χ1) is 14.8. The van der Waals surface area contributed by atoms with Gasteiger partial charge in [-0.3, -0.25) is 0 Å². The number of hydrogen-bond donors (Lipinski definition) is 0. The van der Waals surface area contributed by atoms with E-state index in [4.69, 9.17) is 0 Å². The maximum absolute atomic E-state index is 2.55. The predicted octanol–water partition coefficient (Wildman–Crippen LogP) is 7.12. The summed E-state index contributed by atoms with van der Waals surface area (Å²) in [7, 11) is -1.98. The molecule has 0 saturated heterocycles. The number of benzene rings is 3. The van der Waals surface area contributed by atoms with Gasteiger partial charge in [0.1, 0.15) is 0 Å². The fourth-order valence-corrected chi connectivity index (χ4v) is 12.8. The second-order valence-corrected chi connectivity index (χ2v) is 13.7. The molecule has 3 atom stereocenters. The zero-order valence-corrected chi connectivity index (χ0v) is 19.3. The molecular weight excluding hydrogens is 383 g/mol. The van der Waals surface area contributed by atoms with Crippen molar-refractivity contribution in [2.24, 2.45) is 0 Å². The van der Waals surface area contributed by atoms with Crippen molar-refractivity contribution in [3.63, 3.8) is 0 Å². The SMILES string of the molecule is CC[Si](C1C=Cc2ccccc21)(C1C=Cc2ccccc21)C1C=Cc2ccccc21.[Li]. The number of rotatable bonds is 4. The average Bonchev–Trinajstić information content (AvgIpc) is 3.53. The van der Waals surface area contributed by atoms with Gasteiger partial charge in [-0.1, -0.05) is 122 Å². The van der Waals surface area contributed by atoms with Crippen LogP contribution in [0.25, 0.3) is 18.2 Å². The van der Waals surface area contributed by atoms with Crippen LogP contribution >= 0.6 is 0 Å². The van der Waals surface area contributed by atoms with Crippen LogP contribution in [-0.4, -0.2) is 26.9 Å². The van der Waals surface area contributed by atoms with Crippen LogP contribution in [0, 0.1) is 0 Å². The van der Waals surface area contributed by atoms with Gasteiger partial charge >= 0.3 is 0 Å². The van der Waals surface area contributed by atoms with Crippen molar-refractivity contribution in [2.75, 3.05) is 0 Å². The van der Waals surface area contributed by atoms with E-state index in [0.29, 0.717) is 16.6 Å². The molecule has 0 spiro atoms. The molecule has 31 heavy (non-hydrogen) atoms. The van der Waals surface area contributed by atoms with E-state index in [1.165, 1.54) is 22.7 Å². The molecule has 0 nitrogen and oxygen atoms in total. The predicted molar refractivity (Wildman–Crippen MR) is 137 cm³/mol. The minimum Gasteiger partial charge on any atom is -0.0790 e. The zero-order chi connectivity index (χ0) is 20.1. The Morgan fingerprint density at radius 2 is 0.871 bits per heavy atom. The maximum atomic E-state index is 2.55. The van der Waals surface area contributed by atoms with Crippen LogP contribution in [0.1, 0.15) is 56.9 Å². The van der Waals surface area contributed by atoms with Gasteiger partial charge in [-0.2, -0.15) is 0 Å². The van der Waals surface area contributed by atoms with Gasteiger partial charge in [0.25, 0.3) is 0 Å². The summed E-state index contributed by atoms with van der Waals surface area (Å²) in [6.45, 7) is 2.46. The number of hydrogen-bond acceptors (Lipinski definition) is 0. The summed E-state index contributed by atoms with van der Waals surface area (Å²) in [5, 5.41) is 0. The van der Waals surface area contributed by atoms with Gasteiger partial charge in [-0.25, -0.2) is 0 Å². The largest absolute Gasteiger partial charge is 0.0885 e. The number of fused-ring (bicyclic) bond motifs is 3. The van der Waals surface area contributed by atoms with E-state index in [1.54, 1.807) is 16.7 Å². The van der Waals surface area contributed by atoms with Crippen molar-refractivity contribution in [1.29, 1.82) is 0 Å². The van der Waals surface area contributed by atoms with Gasteiger partial charge in [0.05, 0.1) is 8.07 Å². The van der Waals surface area contributed by atoms with Gasteiger partial charge in [0, 0.05) is 18.9 Å². The molecule has 3 aliphatic rings. The third-order valence-corrected chi connectivity index (χ3v) is 14.0. The fourth-order valence-electron chi connectivity index (χ4n) is 6.39. The first kappa shape index (κ1) is 20.6. The van der Waals surface area contributed by atoms with Crippen LogP contribution in [0.5, 0.6) is 0 Å². The van der Waals surface area contributed by atoms with Crippen molar-refractivity contribution >= 4 is 45.2 Å². The van der Waals surface area contributed by atoms with Crippen molar-refractivity contribution < 1.29 is 0 Å². The molecule has 0 saturated carbocycles. The van der Waals surface area contributed by atoms with Crippen molar-refractivity contribution in [3.8, 4) is 0 Å². The summed E-state index contributed by atoms with van der Waals surface area (Å²) in [5.41, 5.74) is 10.5. The Balaban J connectivity index is 0.00000204. The van der Waals surface area contributed by atoms with Crippen LogP contribution in [0.4, 0.5) is 0 Å². The van der Waals surface area contributed by atoms with Crippen molar-refractivity contribution in [1.82, 2.24) is 0 Å². The van der Waals surface area contributed by atoms with E-state index in [0.717, 1.165) is 0 Å². The van der Waals surface area contributed by atoms with Crippen LogP contribution in [0.15, 0.2) is 91.0 Å². The molecule has 6 rings (SSSR count). The van der Waals surface area contributed by atoms with Crippen LogP contribution in [0.3, 0.4) is 0 Å². The minimum atomic E-state index is -1.98. The third kappa shape index (κ3) is 2.95. The molecule has 2 heteroatoms. The second kappa shape index (κ2) is 7.99. The molecule has 0 bridgehead atoms. The molecule has 0 amide bonds. The van der Waals surface area contributed by atoms with Gasteiger partial charge < -0.3 is 0 Å².